The predicted octanol–water partition coefficient (Wildman–Crippen LogP) is 3.26. The van der Waals surface area contributed by atoms with Crippen LogP contribution in [-0.2, 0) is 0 Å². The van der Waals surface area contributed by atoms with E-state index in [1.165, 1.54) is 19.3 Å². The van der Waals surface area contributed by atoms with E-state index in [2.05, 4.69) is 10.3 Å². The lowest BCUT2D eigenvalue weighted by molar-refractivity contribution is -0.0571. The van der Waals surface area contributed by atoms with Crippen LogP contribution >= 0.6 is 11.6 Å². The van der Waals surface area contributed by atoms with Crippen molar-refractivity contribution in [3.05, 3.63) is 29.0 Å². The van der Waals surface area contributed by atoms with Gasteiger partial charge in [0.05, 0.1) is 17.2 Å². The summed E-state index contributed by atoms with van der Waals surface area (Å²) in [4.78, 5) is 19.3. The fourth-order valence-electron chi connectivity index (χ4n) is 4.33. The number of aromatic nitrogens is 1. The topological polar surface area (TPSA) is 65.5 Å². The van der Waals surface area contributed by atoms with Crippen LogP contribution in [-0.4, -0.2) is 52.2 Å². The normalized spacial score (nSPS) is 22.0. The summed E-state index contributed by atoms with van der Waals surface area (Å²) in [7, 11) is 0. The molecule has 1 aromatic heterocycles. The minimum absolute atomic E-state index is 0.117. The Kier molecular flexibility index (Phi) is 6.54. The van der Waals surface area contributed by atoms with Crippen molar-refractivity contribution in [3.63, 3.8) is 0 Å². The maximum atomic E-state index is 13.3. The zero-order valence-corrected chi connectivity index (χ0v) is 16.3. The van der Waals surface area contributed by atoms with Gasteiger partial charge in [-0.2, -0.15) is 0 Å². The van der Waals surface area contributed by atoms with E-state index in [0.717, 1.165) is 25.9 Å². The SMILES string of the molecule is CC(N(CC1CCCCC1)C(=O)c1cccnc1Cl)C1(O)CCNCC1. The number of hydrogen-bond acceptors (Lipinski definition) is 4. The number of carbonyl (C=O) groups is 1. The number of nitrogens with zero attached hydrogens (tertiary/aromatic N) is 2. The Morgan fingerprint density at radius 3 is 2.73 bits per heavy atom. The summed E-state index contributed by atoms with van der Waals surface area (Å²) >= 11 is 6.20. The third-order valence-electron chi connectivity index (χ3n) is 6.14. The molecule has 2 fully saturated rings. The standard InChI is InChI=1S/C20H30ClN3O2/c1-15(20(26)9-12-22-13-10-20)24(14-16-6-3-2-4-7-16)19(25)17-8-5-11-23-18(17)21/h5,8,11,15-16,22,26H,2-4,6-7,9-10,12-14H2,1H3. The first-order valence-corrected chi connectivity index (χ1v) is 10.2. The zero-order valence-electron chi connectivity index (χ0n) is 15.6. The second-order valence-corrected chi connectivity index (χ2v) is 8.19. The number of nitrogens with one attached hydrogen (secondary N) is 1. The van der Waals surface area contributed by atoms with E-state index in [1.54, 1.807) is 18.3 Å². The van der Waals surface area contributed by atoms with E-state index in [4.69, 9.17) is 11.6 Å². The number of hydrogen-bond donors (Lipinski definition) is 2. The van der Waals surface area contributed by atoms with Gasteiger partial charge in [0.15, 0.2) is 0 Å². The molecular formula is C20H30ClN3O2. The summed E-state index contributed by atoms with van der Waals surface area (Å²) in [5.41, 5.74) is -0.432. The van der Waals surface area contributed by atoms with Crippen LogP contribution in [0.25, 0.3) is 0 Å². The van der Waals surface area contributed by atoms with Crippen LogP contribution in [0.15, 0.2) is 18.3 Å². The van der Waals surface area contributed by atoms with Crippen LogP contribution in [0.4, 0.5) is 0 Å². The number of carbonyl (C=O) groups excluding carboxylic acids is 1. The molecule has 0 aromatic carbocycles. The number of pyridine rings is 1. The molecule has 26 heavy (non-hydrogen) atoms. The minimum atomic E-state index is -0.857. The van der Waals surface area contributed by atoms with Gasteiger partial charge in [-0.3, -0.25) is 4.79 Å². The van der Waals surface area contributed by atoms with Gasteiger partial charge in [-0.1, -0.05) is 30.9 Å². The van der Waals surface area contributed by atoms with Crippen molar-refractivity contribution in [3.8, 4) is 0 Å². The van der Waals surface area contributed by atoms with Gasteiger partial charge in [-0.15, -0.1) is 0 Å². The van der Waals surface area contributed by atoms with Crippen molar-refractivity contribution >= 4 is 17.5 Å². The number of halogens is 1. The Hall–Kier alpha value is -1.17. The van der Waals surface area contributed by atoms with Crippen LogP contribution in [0.3, 0.4) is 0 Å². The lowest BCUT2D eigenvalue weighted by Crippen LogP contribution is -2.58. The fourth-order valence-corrected chi connectivity index (χ4v) is 4.53. The predicted molar refractivity (Wildman–Crippen MR) is 103 cm³/mol. The van der Waals surface area contributed by atoms with Crippen LogP contribution in [0.1, 0.15) is 62.2 Å². The molecule has 1 aliphatic heterocycles. The van der Waals surface area contributed by atoms with Crippen molar-refractivity contribution < 1.29 is 9.90 Å². The van der Waals surface area contributed by atoms with Crippen molar-refractivity contribution in [2.24, 2.45) is 5.92 Å². The molecule has 1 atom stereocenters. The highest BCUT2D eigenvalue weighted by Crippen LogP contribution is 2.31. The molecule has 1 unspecified atom stereocenters. The van der Waals surface area contributed by atoms with Crippen molar-refractivity contribution in [2.75, 3.05) is 19.6 Å². The highest BCUT2D eigenvalue weighted by molar-refractivity contribution is 6.32. The van der Waals surface area contributed by atoms with Gasteiger partial charge in [-0.05, 0) is 63.7 Å². The van der Waals surface area contributed by atoms with Gasteiger partial charge in [0.2, 0.25) is 0 Å². The summed E-state index contributed by atoms with van der Waals surface area (Å²) in [6, 6.07) is 3.21. The molecule has 6 heteroatoms. The molecule has 2 N–H and O–H groups in total. The Morgan fingerprint density at radius 2 is 2.08 bits per heavy atom. The molecule has 2 heterocycles. The largest absolute Gasteiger partial charge is 0.388 e. The lowest BCUT2D eigenvalue weighted by atomic mass is 9.83. The van der Waals surface area contributed by atoms with Crippen LogP contribution in [0, 0.1) is 5.92 Å². The Labute approximate surface area is 161 Å². The van der Waals surface area contributed by atoms with E-state index in [1.807, 2.05) is 11.8 Å². The molecule has 5 nitrogen and oxygen atoms in total. The number of amides is 1. The third kappa shape index (κ3) is 4.38. The van der Waals surface area contributed by atoms with Crippen LogP contribution < -0.4 is 5.32 Å². The molecule has 1 aliphatic carbocycles. The Bertz CT molecular complexity index is 613. The molecule has 0 bridgehead atoms. The maximum Gasteiger partial charge on any atom is 0.257 e. The fraction of sp³-hybridized carbons (Fsp3) is 0.700. The molecule has 1 aromatic rings. The van der Waals surface area contributed by atoms with Crippen LogP contribution in [0.5, 0.6) is 0 Å². The highest BCUT2D eigenvalue weighted by atomic mass is 35.5. The first-order chi connectivity index (χ1) is 12.5. The average molecular weight is 380 g/mol. The second kappa shape index (κ2) is 8.68. The first kappa shape index (κ1) is 19.6. The first-order valence-electron chi connectivity index (χ1n) is 9.86. The Balaban J connectivity index is 1.85. The second-order valence-electron chi connectivity index (χ2n) is 7.83. The molecular weight excluding hydrogens is 350 g/mol. The molecule has 2 aliphatic rings. The maximum absolute atomic E-state index is 13.3. The van der Waals surface area contributed by atoms with Gasteiger partial charge < -0.3 is 15.3 Å². The van der Waals surface area contributed by atoms with Crippen molar-refractivity contribution in [1.82, 2.24) is 15.2 Å². The highest BCUT2D eigenvalue weighted by Gasteiger charge is 2.41. The number of rotatable bonds is 5. The lowest BCUT2D eigenvalue weighted by Gasteiger charge is -2.44. The summed E-state index contributed by atoms with van der Waals surface area (Å²) in [5, 5.41) is 14.7. The third-order valence-corrected chi connectivity index (χ3v) is 6.45. The summed E-state index contributed by atoms with van der Waals surface area (Å²) in [6.45, 7) is 4.22. The smallest absolute Gasteiger partial charge is 0.257 e. The zero-order chi connectivity index (χ0) is 18.6. The van der Waals surface area contributed by atoms with Crippen molar-refractivity contribution in [2.45, 2.75) is 63.5 Å². The summed E-state index contributed by atoms with van der Waals surface area (Å²) < 4.78 is 0. The Morgan fingerprint density at radius 1 is 1.38 bits per heavy atom. The molecule has 1 amide bonds. The number of aliphatic hydroxyl groups is 1. The van der Waals surface area contributed by atoms with E-state index >= 15 is 0 Å². The van der Waals surface area contributed by atoms with E-state index in [9.17, 15) is 9.90 Å². The minimum Gasteiger partial charge on any atom is -0.388 e. The molecule has 3 rings (SSSR count). The van der Waals surface area contributed by atoms with Crippen LogP contribution in [0.2, 0.25) is 5.15 Å². The van der Waals surface area contributed by atoms with Gasteiger partial charge in [0.1, 0.15) is 5.15 Å². The quantitative estimate of drug-likeness (QED) is 0.770. The molecule has 1 saturated carbocycles. The van der Waals surface area contributed by atoms with Gasteiger partial charge in [0.25, 0.3) is 5.91 Å². The van der Waals surface area contributed by atoms with Gasteiger partial charge >= 0.3 is 0 Å². The monoisotopic (exact) mass is 379 g/mol. The van der Waals surface area contributed by atoms with Gasteiger partial charge in [-0.25, -0.2) is 4.98 Å². The van der Waals surface area contributed by atoms with E-state index in [-0.39, 0.29) is 17.1 Å². The van der Waals surface area contributed by atoms with E-state index in [0.29, 0.717) is 30.9 Å². The summed E-state index contributed by atoms with van der Waals surface area (Å²) in [5.74, 6) is 0.379. The average Bonchev–Trinajstić information content (AvgIpc) is 2.67. The van der Waals surface area contributed by atoms with E-state index < -0.39 is 5.60 Å². The number of piperidine rings is 1. The molecule has 0 radical (unpaired) electrons. The van der Waals surface area contributed by atoms with Crippen molar-refractivity contribution in [1.29, 1.82) is 0 Å². The molecule has 144 valence electrons. The molecule has 1 saturated heterocycles. The molecule has 0 spiro atoms. The summed E-state index contributed by atoms with van der Waals surface area (Å²) in [6.07, 6.45) is 8.94. The van der Waals surface area contributed by atoms with Gasteiger partial charge in [0, 0.05) is 12.7 Å².